The molecule has 92 valence electrons. The van der Waals surface area contributed by atoms with Gasteiger partial charge in [0.1, 0.15) is 0 Å². The van der Waals surface area contributed by atoms with E-state index in [-0.39, 0.29) is 0 Å². The van der Waals surface area contributed by atoms with Gasteiger partial charge in [0.05, 0.1) is 11.6 Å². The molecule has 1 saturated carbocycles. The number of amidine groups is 1. The minimum Gasteiger partial charge on any atom is -0.364 e. The summed E-state index contributed by atoms with van der Waals surface area (Å²) < 4.78 is 0. The smallest absolute Gasteiger partial charge is 0.156 e. The number of hydrogen-bond donors (Lipinski definition) is 1. The maximum atomic E-state index is 4.58. The summed E-state index contributed by atoms with van der Waals surface area (Å²) in [6, 6.07) is 0. The van der Waals surface area contributed by atoms with Gasteiger partial charge in [0.2, 0.25) is 0 Å². The molecule has 1 aromatic rings. The quantitative estimate of drug-likeness (QED) is 0.911. The largest absolute Gasteiger partial charge is 0.364 e. The van der Waals surface area contributed by atoms with Crippen molar-refractivity contribution in [3.8, 4) is 0 Å². The summed E-state index contributed by atoms with van der Waals surface area (Å²) in [6.07, 6.45) is 4.70. The average molecular weight is 267 g/mol. The lowest BCUT2D eigenvalue weighted by Gasteiger charge is -2.11. The SMILES string of the molecule is CC(CNC1=NCC(C2CC2)S1)c1nccs1. The van der Waals surface area contributed by atoms with Crippen LogP contribution in [0.4, 0.5) is 0 Å². The first kappa shape index (κ1) is 11.5. The van der Waals surface area contributed by atoms with Crippen LogP contribution in [0.15, 0.2) is 16.6 Å². The maximum Gasteiger partial charge on any atom is 0.156 e. The molecule has 0 saturated heterocycles. The molecule has 17 heavy (non-hydrogen) atoms. The number of rotatable bonds is 4. The molecule has 0 bridgehead atoms. The van der Waals surface area contributed by atoms with Gasteiger partial charge in [-0.15, -0.1) is 11.3 Å². The topological polar surface area (TPSA) is 37.3 Å². The standard InChI is InChI=1S/C12H17N3S2/c1-8(11-13-4-5-16-11)6-14-12-15-7-10(17-12)9-2-3-9/h4-5,8-10H,2-3,6-7H2,1H3,(H,14,15). The van der Waals surface area contributed by atoms with E-state index in [1.54, 1.807) is 11.3 Å². The maximum absolute atomic E-state index is 4.58. The number of thioether (sulfide) groups is 1. The van der Waals surface area contributed by atoms with Crippen LogP contribution in [0.25, 0.3) is 0 Å². The van der Waals surface area contributed by atoms with E-state index in [2.05, 4.69) is 22.2 Å². The van der Waals surface area contributed by atoms with Crippen molar-refractivity contribution in [2.45, 2.75) is 30.9 Å². The van der Waals surface area contributed by atoms with Gasteiger partial charge in [-0.05, 0) is 18.8 Å². The van der Waals surface area contributed by atoms with E-state index in [0.29, 0.717) is 5.92 Å². The number of aromatic nitrogens is 1. The van der Waals surface area contributed by atoms with E-state index in [4.69, 9.17) is 0 Å². The molecule has 1 aliphatic carbocycles. The molecule has 3 nitrogen and oxygen atoms in total. The zero-order valence-corrected chi connectivity index (χ0v) is 11.6. The van der Waals surface area contributed by atoms with Crippen molar-refractivity contribution in [3.63, 3.8) is 0 Å². The molecule has 3 rings (SSSR count). The second kappa shape index (κ2) is 4.98. The lowest BCUT2D eigenvalue weighted by Crippen LogP contribution is -2.24. The number of nitrogens with one attached hydrogen (secondary N) is 1. The highest BCUT2D eigenvalue weighted by molar-refractivity contribution is 8.14. The Morgan fingerprint density at radius 2 is 2.41 bits per heavy atom. The highest BCUT2D eigenvalue weighted by Crippen LogP contribution is 2.41. The predicted octanol–water partition coefficient (Wildman–Crippen LogP) is 2.72. The van der Waals surface area contributed by atoms with Crippen LogP contribution in [-0.4, -0.2) is 28.5 Å². The number of nitrogens with zero attached hydrogens (tertiary/aromatic N) is 2. The van der Waals surface area contributed by atoms with Crippen LogP contribution in [0.2, 0.25) is 0 Å². The third-order valence-electron chi connectivity index (χ3n) is 3.26. The second-order valence-corrected chi connectivity index (χ2v) is 6.95. The van der Waals surface area contributed by atoms with Gasteiger partial charge < -0.3 is 5.32 Å². The first-order chi connectivity index (χ1) is 8.33. The number of thiazole rings is 1. The summed E-state index contributed by atoms with van der Waals surface area (Å²) in [7, 11) is 0. The first-order valence-electron chi connectivity index (χ1n) is 6.17. The van der Waals surface area contributed by atoms with Crippen molar-refractivity contribution in [1.82, 2.24) is 10.3 Å². The summed E-state index contributed by atoms with van der Waals surface area (Å²) in [5, 5.41) is 8.61. The molecule has 0 aromatic carbocycles. The van der Waals surface area contributed by atoms with Gasteiger partial charge in [0.25, 0.3) is 0 Å². The van der Waals surface area contributed by atoms with E-state index in [1.807, 2.05) is 23.3 Å². The second-order valence-electron chi connectivity index (χ2n) is 4.79. The molecule has 0 spiro atoms. The summed E-state index contributed by atoms with van der Waals surface area (Å²) >= 11 is 3.67. The normalized spacial score (nSPS) is 25.7. The molecule has 2 unspecified atom stereocenters. The third kappa shape index (κ3) is 2.83. The summed E-state index contributed by atoms with van der Waals surface area (Å²) in [5.74, 6) is 1.41. The Morgan fingerprint density at radius 1 is 1.53 bits per heavy atom. The van der Waals surface area contributed by atoms with Crippen LogP contribution >= 0.6 is 23.1 Å². The molecular weight excluding hydrogens is 250 g/mol. The number of hydrogen-bond acceptors (Lipinski definition) is 5. The molecule has 2 atom stereocenters. The fourth-order valence-corrected chi connectivity index (χ4v) is 3.92. The minimum atomic E-state index is 0.471. The van der Waals surface area contributed by atoms with Crippen LogP contribution in [0.3, 0.4) is 0 Å². The highest BCUT2D eigenvalue weighted by atomic mass is 32.2. The fourth-order valence-electron chi connectivity index (χ4n) is 2.01. The van der Waals surface area contributed by atoms with Gasteiger partial charge in [-0.1, -0.05) is 18.7 Å². The Morgan fingerprint density at radius 3 is 3.12 bits per heavy atom. The third-order valence-corrected chi connectivity index (χ3v) is 5.60. The van der Waals surface area contributed by atoms with Crippen LogP contribution in [0.1, 0.15) is 30.7 Å². The van der Waals surface area contributed by atoms with Crippen molar-refractivity contribution in [1.29, 1.82) is 0 Å². The van der Waals surface area contributed by atoms with Gasteiger partial charge in [0.15, 0.2) is 5.17 Å². The molecule has 2 heterocycles. The molecule has 1 fully saturated rings. The average Bonchev–Trinajstić information content (AvgIpc) is 2.88. The van der Waals surface area contributed by atoms with Crippen LogP contribution < -0.4 is 5.32 Å². The summed E-state index contributed by atoms with van der Waals surface area (Å²) in [5.41, 5.74) is 0. The molecule has 1 aromatic heterocycles. The van der Waals surface area contributed by atoms with E-state index < -0.39 is 0 Å². The summed E-state index contributed by atoms with van der Waals surface area (Å²) in [4.78, 5) is 8.93. The zero-order valence-electron chi connectivity index (χ0n) is 9.93. The van der Waals surface area contributed by atoms with Crippen molar-refractivity contribution in [2.75, 3.05) is 13.1 Å². The molecule has 0 radical (unpaired) electrons. The molecule has 1 N–H and O–H groups in total. The molecule has 5 heteroatoms. The van der Waals surface area contributed by atoms with E-state index in [1.165, 1.54) is 17.8 Å². The van der Waals surface area contributed by atoms with Crippen molar-refractivity contribution < 1.29 is 0 Å². The zero-order chi connectivity index (χ0) is 11.7. The van der Waals surface area contributed by atoms with Gasteiger partial charge in [-0.3, -0.25) is 4.99 Å². The highest BCUT2D eigenvalue weighted by Gasteiger charge is 2.35. The molecular formula is C12H17N3S2. The monoisotopic (exact) mass is 267 g/mol. The van der Waals surface area contributed by atoms with E-state index in [9.17, 15) is 0 Å². The van der Waals surface area contributed by atoms with Crippen LogP contribution in [0, 0.1) is 5.92 Å². The molecule has 2 aliphatic rings. The lowest BCUT2D eigenvalue weighted by molar-refractivity contribution is 0.717. The Balaban J connectivity index is 1.45. The lowest BCUT2D eigenvalue weighted by atomic mass is 10.2. The van der Waals surface area contributed by atoms with Crippen molar-refractivity contribution in [2.24, 2.45) is 10.9 Å². The fraction of sp³-hybridized carbons (Fsp3) is 0.667. The van der Waals surface area contributed by atoms with Gasteiger partial charge >= 0.3 is 0 Å². The number of aliphatic imine (C=N–C) groups is 1. The van der Waals surface area contributed by atoms with Gasteiger partial charge in [-0.2, -0.15) is 0 Å². The predicted molar refractivity (Wildman–Crippen MR) is 74.9 cm³/mol. The van der Waals surface area contributed by atoms with E-state index >= 15 is 0 Å². The van der Waals surface area contributed by atoms with Gasteiger partial charge in [0, 0.05) is 29.3 Å². The Labute approximate surface area is 110 Å². The molecule has 1 aliphatic heterocycles. The van der Waals surface area contributed by atoms with E-state index in [0.717, 1.165) is 29.4 Å². The minimum absolute atomic E-state index is 0.471. The Kier molecular flexibility index (Phi) is 3.38. The molecule has 0 amide bonds. The summed E-state index contributed by atoms with van der Waals surface area (Å²) in [6.45, 7) is 4.17. The van der Waals surface area contributed by atoms with Crippen LogP contribution in [0.5, 0.6) is 0 Å². The van der Waals surface area contributed by atoms with Crippen molar-refractivity contribution in [3.05, 3.63) is 16.6 Å². The van der Waals surface area contributed by atoms with Crippen LogP contribution in [-0.2, 0) is 0 Å². The Hall–Kier alpha value is -0.550. The van der Waals surface area contributed by atoms with Crippen molar-refractivity contribution >= 4 is 28.3 Å². The Bertz CT molecular complexity index is 398. The van der Waals surface area contributed by atoms with Gasteiger partial charge in [-0.25, -0.2) is 4.98 Å². The first-order valence-corrected chi connectivity index (χ1v) is 7.93.